The first-order valence-corrected chi connectivity index (χ1v) is 17.8. The van der Waals surface area contributed by atoms with Crippen molar-refractivity contribution in [3.05, 3.63) is 67.0 Å². The van der Waals surface area contributed by atoms with Gasteiger partial charge in [-0.25, -0.2) is 19.2 Å². The molecule has 0 radical (unpaired) electrons. The van der Waals surface area contributed by atoms with Crippen molar-refractivity contribution >= 4 is 93.5 Å². The van der Waals surface area contributed by atoms with Gasteiger partial charge in [0.25, 0.3) is 0 Å². The quantitative estimate of drug-likeness (QED) is 0.0428. The summed E-state index contributed by atoms with van der Waals surface area (Å²) in [4.78, 5) is 48.1. The molecule has 0 bridgehead atoms. The van der Waals surface area contributed by atoms with Gasteiger partial charge in [0.15, 0.2) is 0 Å². The van der Waals surface area contributed by atoms with Crippen LogP contribution in [-0.2, 0) is 38.1 Å². The molecule has 0 aromatic rings. The highest BCUT2D eigenvalue weighted by Gasteiger charge is 2.28. The van der Waals surface area contributed by atoms with Crippen LogP contribution in [0.4, 0.5) is 0 Å². The van der Waals surface area contributed by atoms with Crippen LogP contribution in [0.1, 0.15) is 66.2 Å². The van der Waals surface area contributed by atoms with Crippen molar-refractivity contribution in [3.8, 4) is 0 Å². The van der Waals surface area contributed by atoms with Gasteiger partial charge in [-0.05, 0) is 86.2 Å². The molecule has 2 saturated carbocycles. The Balaban J connectivity index is 1.78. The maximum atomic E-state index is 12.1. The smallest absolute Gasteiger partial charge is 0.422 e. The van der Waals surface area contributed by atoms with Crippen LogP contribution in [0.15, 0.2) is 67.0 Å². The molecular weight excluding hydrogens is 749 g/mol. The van der Waals surface area contributed by atoms with Gasteiger partial charge in [-0.1, -0.05) is 97.3 Å². The Bertz CT molecular complexity index is 1240. The lowest BCUT2D eigenvalue weighted by Gasteiger charge is -2.09. The maximum Gasteiger partial charge on any atom is 0.422 e. The maximum absolute atomic E-state index is 12.1. The number of allylic oxidation sites excluding steroid dienone is 8. The number of rotatable bonds is 14. The van der Waals surface area contributed by atoms with Gasteiger partial charge >= 0.3 is 23.9 Å². The van der Waals surface area contributed by atoms with E-state index >= 15 is 0 Å². The van der Waals surface area contributed by atoms with Crippen LogP contribution in [0.3, 0.4) is 0 Å². The third-order valence-electron chi connectivity index (χ3n) is 8.50. The van der Waals surface area contributed by atoms with Crippen LogP contribution in [-0.4, -0.2) is 37.1 Å². The highest BCUT2D eigenvalue weighted by Crippen LogP contribution is 2.38. The molecule has 0 spiro atoms. The van der Waals surface area contributed by atoms with Gasteiger partial charge in [0.05, 0.1) is 43.4 Å². The van der Waals surface area contributed by atoms with Gasteiger partial charge in [0, 0.05) is 12.2 Å². The second-order valence-corrected chi connectivity index (χ2v) is 14.8. The van der Waals surface area contributed by atoms with E-state index in [2.05, 4.69) is 37.2 Å². The second kappa shape index (κ2) is 21.3. The molecule has 2 aliphatic rings. The average molecular weight is 789 g/mol. The summed E-state index contributed by atoms with van der Waals surface area (Å²) >= 11 is 36.2. The summed E-state index contributed by atoms with van der Waals surface area (Å²) in [5, 5.41) is -1.11. The molecule has 0 aliphatic heterocycles. The molecule has 0 N–H and O–H groups in total. The SMILES string of the molecule is CC1CC(CCOC(=O)/C=C(Cl)/C(Cl)=C\C(Cl)=C\OC(=O)C(=O)O/C=C(Cl)/C=C(Cl)\C(Cl)=C\C(=O)OCCC2CC(C)C(C)C2)CC1C. The number of ether oxygens (including phenoxy) is 4. The number of hydrogen-bond donors (Lipinski definition) is 0. The molecule has 0 aromatic heterocycles. The predicted molar refractivity (Wildman–Crippen MR) is 189 cm³/mol. The van der Waals surface area contributed by atoms with Gasteiger partial charge in [0.2, 0.25) is 0 Å². The van der Waals surface area contributed by atoms with Gasteiger partial charge < -0.3 is 18.9 Å². The molecule has 0 heterocycles. The summed E-state index contributed by atoms with van der Waals surface area (Å²) < 4.78 is 19.7. The minimum Gasteiger partial charge on any atom is -0.462 e. The van der Waals surface area contributed by atoms with E-state index in [1.165, 1.54) is 0 Å². The number of carbonyl (C=O) groups excluding carboxylic acids is 4. The largest absolute Gasteiger partial charge is 0.462 e. The van der Waals surface area contributed by atoms with Crippen molar-refractivity contribution in [1.29, 1.82) is 0 Å². The van der Waals surface area contributed by atoms with E-state index in [-0.39, 0.29) is 43.4 Å². The lowest BCUT2D eigenvalue weighted by Crippen LogP contribution is -2.16. The zero-order valence-electron chi connectivity index (χ0n) is 27.1. The first kappa shape index (κ1) is 42.2. The zero-order valence-corrected chi connectivity index (χ0v) is 31.7. The van der Waals surface area contributed by atoms with Crippen LogP contribution in [0, 0.1) is 35.5 Å². The topological polar surface area (TPSA) is 105 Å². The molecule has 2 rings (SSSR count). The lowest BCUT2D eigenvalue weighted by atomic mass is 10.0. The van der Waals surface area contributed by atoms with Crippen molar-refractivity contribution in [1.82, 2.24) is 0 Å². The molecular formula is C34H40Cl6O8. The van der Waals surface area contributed by atoms with E-state index in [1.807, 2.05) is 0 Å². The van der Waals surface area contributed by atoms with Gasteiger partial charge in [-0.15, -0.1) is 0 Å². The fraction of sp³-hybridized carbons (Fsp3) is 0.529. The van der Waals surface area contributed by atoms with Crippen molar-refractivity contribution in [2.24, 2.45) is 35.5 Å². The van der Waals surface area contributed by atoms with Gasteiger partial charge in [0.1, 0.15) is 12.5 Å². The molecule has 2 aliphatic carbocycles. The molecule has 266 valence electrons. The summed E-state index contributed by atoms with van der Waals surface area (Å²) in [5.41, 5.74) is 0. The van der Waals surface area contributed by atoms with E-state index in [0.717, 1.165) is 62.8 Å². The monoisotopic (exact) mass is 786 g/mol. The predicted octanol–water partition coefficient (Wildman–Crippen LogP) is 9.95. The molecule has 2 fully saturated rings. The zero-order chi connectivity index (χ0) is 36.0. The third-order valence-corrected chi connectivity index (χ3v) is 10.3. The van der Waals surface area contributed by atoms with Crippen LogP contribution < -0.4 is 0 Å². The third kappa shape index (κ3) is 15.7. The molecule has 0 amide bonds. The van der Waals surface area contributed by atoms with Crippen LogP contribution in [0.2, 0.25) is 0 Å². The Morgan fingerprint density at radius 3 is 1.12 bits per heavy atom. The minimum absolute atomic E-state index is 0.153. The van der Waals surface area contributed by atoms with Crippen molar-refractivity contribution in [3.63, 3.8) is 0 Å². The highest BCUT2D eigenvalue weighted by atomic mass is 35.5. The minimum atomic E-state index is -1.45. The highest BCUT2D eigenvalue weighted by molar-refractivity contribution is 6.46. The molecule has 48 heavy (non-hydrogen) atoms. The Labute approximate surface area is 312 Å². The summed E-state index contributed by atoms with van der Waals surface area (Å²) in [5.74, 6) is -0.563. The Kier molecular flexibility index (Phi) is 18.8. The standard InChI is InChI=1S/C34H40Cl6O8/c1-19-9-23(10-20(19)2)5-7-45-31(41)15-29(39)27(37)13-25(35)17-47-33(43)34(44)48-18-26(36)14-28(38)30(40)16-32(42)46-8-6-24-11-21(3)22(4)12-24/h13-24H,5-12H2,1-4H3/b25-17-,26-18-,27-13+,28-14+,29-15-,30-16-. The lowest BCUT2D eigenvalue weighted by molar-refractivity contribution is -0.160. The summed E-state index contributed by atoms with van der Waals surface area (Å²) in [6, 6.07) is 0. The van der Waals surface area contributed by atoms with E-state index in [0.29, 0.717) is 48.0 Å². The number of carbonyl (C=O) groups is 4. The molecule has 0 aromatic carbocycles. The number of esters is 4. The number of halogens is 6. The van der Waals surface area contributed by atoms with E-state index < -0.39 is 23.9 Å². The summed E-state index contributed by atoms with van der Waals surface area (Å²) in [7, 11) is 0. The molecule has 14 heteroatoms. The van der Waals surface area contributed by atoms with Crippen molar-refractivity contribution in [2.75, 3.05) is 13.2 Å². The Morgan fingerprint density at radius 2 is 0.812 bits per heavy atom. The second-order valence-electron chi connectivity index (χ2n) is 12.3. The van der Waals surface area contributed by atoms with Gasteiger partial charge in [-0.3, -0.25) is 0 Å². The van der Waals surface area contributed by atoms with E-state index in [4.69, 9.17) is 79.1 Å². The van der Waals surface area contributed by atoms with Crippen LogP contribution in [0.25, 0.3) is 0 Å². The summed E-state index contributed by atoms with van der Waals surface area (Å²) in [6.07, 6.45) is 11.6. The molecule has 0 saturated heterocycles. The normalized spacial score (nSPS) is 26.0. The molecule has 4 unspecified atom stereocenters. The van der Waals surface area contributed by atoms with Crippen LogP contribution >= 0.6 is 69.6 Å². The van der Waals surface area contributed by atoms with E-state index in [9.17, 15) is 19.2 Å². The summed E-state index contributed by atoms with van der Waals surface area (Å²) in [6.45, 7) is 9.43. The van der Waals surface area contributed by atoms with Gasteiger partial charge in [-0.2, -0.15) is 0 Å². The van der Waals surface area contributed by atoms with Crippen molar-refractivity contribution in [2.45, 2.75) is 66.2 Å². The fourth-order valence-corrected chi connectivity index (χ4v) is 6.59. The fourth-order valence-electron chi connectivity index (χ4n) is 5.54. The first-order valence-electron chi connectivity index (χ1n) is 15.5. The van der Waals surface area contributed by atoms with Crippen molar-refractivity contribution < 1.29 is 38.1 Å². The van der Waals surface area contributed by atoms with Crippen LogP contribution in [0.5, 0.6) is 0 Å². The number of hydrogen-bond acceptors (Lipinski definition) is 8. The molecule has 4 atom stereocenters. The Morgan fingerprint density at radius 1 is 0.521 bits per heavy atom. The Hall–Kier alpha value is -1.94. The average Bonchev–Trinajstić information content (AvgIpc) is 3.51. The first-order chi connectivity index (χ1) is 22.5. The molecule has 8 nitrogen and oxygen atoms in total. The van der Waals surface area contributed by atoms with E-state index in [1.54, 1.807) is 0 Å².